The molecule has 0 radical (unpaired) electrons. The van der Waals surface area contributed by atoms with Crippen LogP contribution in [0.15, 0.2) is 12.1 Å². The van der Waals surface area contributed by atoms with Crippen LogP contribution in [0.2, 0.25) is 5.02 Å². The molecule has 0 aliphatic carbocycles. The van der Waals surface area contributed by atoms with Crippen molar-refractivity contribution in [3.63, 3.8) is 0 Å². The van der Waals surface area contributed by atoms with Gasteiger partial charge >= 0.3 is 0 Å². The first-order chi connectivity index (χ1) is 8.00. The van der Waals surface area contributed by atoms with Crippen LogP contribution in [-0.4, -0.2) is 18.8 Å². The summed E-state index contributed by atoms with van der Waals surface area (Å²) in [7, 11) is 0. The van der Waals surface area contributed by atoms with Crippen molar-refractivity contribution in [3.05, 3.63) is 23.0 Å². The van der Waals surface area contributed by atoms with Crippen molar-refractivity contribution in [1.29, 1.82) is 0 Å². The summed E-state index contributed by atoms with van der Waals surface area (Å²) in [4.78, 5) is 0. The zero-order chi connectivity index (χ0) is 12.5. The third-order valence-corrected chi connectivity index (χ3v) is 3.34. The van der Waals surface area contributed by atoms with E-state index >= 15 is 0 Å². The molecule has 5 heteroatoms. The van der Waals surface area contributed by atoms with E-state index in [0.29, 0.717) is 17.9 Å². The van der Waals surface area contributed by atoms with Crippen LogP contribution in [0.5, 0.6) is 0 Å². The van der Waals surface area contributed by atoms with Gasteiger partial charge in [0.1, 0.15) is 5.82 Å². The van der Waals surface area contributed by atoms with Gasteiger partial charge in [-0.15, -0.1) is 0 Å². The van der Waals surface area contributed by atoms with Gasteiger partial charge in [-0.1, -0.05) is 11.6 Å². The second-order valence-electron chi connectivity index (χ2n) is 4.61. The Hall–Kier alpha value is -1.00. The fourth-order valence-electron chi connectivity index (χ4n) is 1.97. The number of hydrogen-bond donors (Lipinski definition) is 2. The minimum atomic E-state index is -0.471. The highest BCUT2D eigenvalue weighted by Crippen LogP contribution is 2.29. The zero-order valence-corrected chi connectivity index (χ0v) is 10.5. The number of rotatable bonds is 3. The predicted molar refractivity (Wildman–Crippen MR) is 67.9 cm³/mol. The number of nitrogen functional groups attached to an aromatic ring is 1. The van der Waals surface area contributed by atoms with Crippen LogP contribution in [-0.2, 0) is 4.74 Å². The Kier molecular flexibility index (Phi) is 3.45. The van der Waals surface area contributed by atoms with Gasteiger partial charge in [0.05, 0.1) is 22.0 Å². The van der Waals surface area contributed by atoms with Crippen molar-refractivity contribution in [1.82, 2.24) is 0 Å². The summed E-state index contributed by atoms with van der Waals surface area (Å²) >= 11 is 5.63. The lowest BCUT2D eigenvalue weighted by atomic mass is 10.0. The molecule has 1 aromatic rings. The average Bonchev–Trinajstić information content (AvgIpc) is 2.69. The number of halogens is 2. The Bertz CT molecular complexity index is 419. The second-order valence-corrected chi connectivity index (χ2v) is 5.02. The lowest BCUT2D eigenvalue weighted by Gasteiger charge is -2.24. The molecule has 1 aliphatic heterocycles. The highest BCUT2D eigenvalue weighted by Gasteiger charge is 2.29. The lowest BCUT2D eigenvalue weighted by molar-refractivity contribution is 0.0315. The van der Waals surface area contributed by atoms with Crippen LogP contribution >= 0.6 is 11.6 Å². The largest absolute Gasteiger partial charge is 0.397 e. The van der Waals surface area contributed by atoms with Crippen LogP contribution < -0.4 is 11.1 Å². The van der Waals surface area contributed by atoms with E-state index < -0.39 is 5.82 Å². The lowest BCUT2D eigenvalue weighted by Crippen LogP contribution is -2.32. The topological polar surface area (TPSA) is 47.3 Å². The first kappa shape index (κ1) is 12.5. The summed E-state index contributed by atoms with van der Waals surface area (Å²) in [6.07, 6.45) is 2.05. The average molecular weight is 259 g/mol. The SMILES string of the molecule is CC1(CNc2cc(F)c(Cl)cc2N)CCCO1. The summed E-state index contributed by atoms with van der Waals surface area (Å²) in [5.74, 6) is -0.471. The zero-order valence-electron chi connectivity index (χ0n) is 9.72. The smallest absolute Gasteiger partial charge is 0.143 e. The highest BCUT2D eigenvalue weighted by molar-refractivity contribution is 6.31. The maximum atomic E-state index is 13.3. The van der Waals surface area contributed by atoms with Crippen LogP contribution in [0, 0.1) is 5.82 Å². The van der Waals surface area contributed by atoms with Gasteiger partial charge in [0.2, 0.25) is 0 Å². The van der Waals surface area contributed by atoms with Gasteiger partial charge in [-0.25, -0.2) is 4.39 Å². The van der Waals surface area contributed by atoms with Crippen LogP contribution in [0.1, 0.15) is 19.8 Å². The van der Waals surface area contributed by atoms with E-state index in [0.717, 1.165) is 19.4 Å². The fourth-order valence-corrected chi connectivity index (χ4v) is 2.15. The van der Waals surface area contributed by atoms with Crippen molar-refractivity contribution in [3.8, 4) is 0 Å². The standard InChI is InChI=1S/C12H16ClFN2O/c1-12(3-2-4-17-12)7-16-11-6-9(14)8(13)5-10(11)15/h5-6,16H,2-4,7,15H2,1H3. The molecule has 1 fully saturated rings. The van der Waals surface area contributed by atoms with E-state index in [1.807, 2.05) is 6.92 Å². The van der Waals surface area contributed by atoms with E-state index in [-0.39, 0.29) is 10.6 Å². The molecule has 94 valence electrons. The van der Waals surface area contributed by atoms with Gasteiger partial charge in [-0.2, -0.15) is 0 Å². The highest BCUT2D eigenvalue weighted by atomic mass is 35.5. The molecular formula is C12H16ClFN2O. The molecule has 1 saturated heterocycles. The fraction of sp³-hybridized carbons (Fsp3) is 0.500. The summed E-state index contributed by atoms with van der Waals surface area (Å²) in [5, 5.41) is 3.15. The summed E-state index contributed by atoms with van der Waals surface area (Å²) in [6, 6.07) is 2.73. The van der Waals surface area contributed by atoms with Gasteiger partial charge in [0, 0.05) is 19.2 Å². The molecule has 1 aromatic carbocycles. The van der Waals surface area contributed by atoms with E-state index in [1.54, 1.807) is 0 Å². The summed E-state index contributed by atoms with van der Waals surface area (Å²) in [5.41, 5.74) is 6.57. The predicted octanol–water partition coefficient (Wildman–Crippen LogP) is 3.04. The van der Waals surface area contributed by atoms with Gasteiger partial charge < -0.3 is 15.8 Å². The number of anilines is 2. The van der Waals surface area contributed by atoms with Crippen LogP contribution in [0.4, 0.5) is 15.8 Å². The molecule has 1 heterocycles. The molecule has 0 aromatic heterocycles. The Labute approximate surface area is 105 Å². The molecule has 3 N–H and O–H groups in total. The molecule has 3 nitrogen and oxygen atoms in total. The Morgan fingerprint density at radius 1 is 1.59 bits per heavy atom. The van der Waals surface area contributed by atoms with Crippen molar-refractivity contribution in [2.75, 3.05) is 24.2 Å². The minimum absolute atomic E-state index is 0.0383. The van der Waals surface area contributed by atoms with E-state index in [1.165, 1.54) is 12.1 Å². The molecule has 1 unspecified atom stereocenters. The molecule has 0 amide bonds. The first-order valence-electron chi connectivity index (χ1n) is 5.62. The van der Waals surface area contributed by atoms with E-state index in [2.05, 4.69) is 5.32 Å². The molecule has 17 heavy (non-hydrogen) atoms. The normalized spacial score (nSPS) is 23.9. The molecule has 0 saturated carbocycles. The van der Waals surface area contributed by atoms with Gasteiger partial charge in [0.15, 0.2) is 0 Å². The number of hydrogen-bond acceptors (Lipinski definition) is 3. The molecule has 1 aliphatic rings. The van der Waals surface area contributed by atoms with Gasteiger partial charge in [-0.05, 0) is 25.8 Å². The minimum Gasteiger partial charge on any atom is -0.397 e. The van der Waals surface area contributed by atoms with Gasteiger partial charge in [-0.3, -0.25) is 0 Å². The Morgan fingerprint density at radius 3 is 3.00 bits per heavy atom. The summed E-state index contributed by atoms with van der Waals surface area (Å²) < 4.78 is 18.9. The van der Waals surface area contributed by atoms with Crippen molar-refractivity contribution in [2.45, 2.75) is 25.4 Å². The third-order valence-electron chi connectivity index (χ3n) is 3.05. The summed E-state index contributed by atoms with van der Waals surface area (Å²) in [6.45, 7) is 3.43. The third kappa shape index (κ3) is 2.82. The maximum Gasteiger partial charge on any atom is 0.143 e. The van der Waals surface area contributed by atoms with E-state index in [4.69, 9.17) is 22.1 Å². The maximum absolute atomic E-state index is 13.3. The molecule has 0 bridgehead atoms. The van der Waals surface area contributed by atoms with Crippen molar-refractivity contribution < 1.29 is 9.13 Å². The molecule has 1 atom stereocenters. The van der Waals surface area contributed by atoms with E-state index in [9.17, 15) is 4.39 Å². The quantitative estimate of drug-likeness (QED) is 0.820. The van der Waals surface area contributed by atoms with Crippen LogP contribution in [0.3, 0.4) is 0 Å². The number of nitrogens with two attached hydrogens (primary N) is 1. The van der Waals surface area contributed by atoms with Crippen LogP contribution in [0.25, 0.3) is 0 Å². The van der Waals surface area contributed by atoms with Gasteiger partial charge in [0.25, 0.3) is 0 Å². The molecule has 0 spiro atoms. The number of nitrogens with one attached hydrogen (secondary N) is 1. The monoisotopic (exact) mass is 258 g/mol. The first-order valence-corrected chi connectivity index (χ1v) is 6.00. The van der Waals surface area contributed by atoms with Crippen molar-refractivity contribution >= 4 is 23.0 Å². The Balaban J connectivity index is 2.06. The molecular weight excluding hydrogens is 243 g/mol. The second kappa shape index (κ2) is 4.70. The number of benzene rings is 1. The molecule has 2 rings (SSSR count). The number of ether oxygens (including phenoxy) is 1. The van der Waals surface area contributed by atoms with Crippen molar-refractivity contribution in [2.24, 2.45) is 0 Å². The Morgan fingerprint density at radius 2 is 2.35 bits per heavy atom.